The third kappa shape index (κ3) is 3.45. The molecule has 0 aromatic heterocycles. The van der Waals surface area contributed by atoms with E-state index in [1.54, 1.807) is 0 Å². The van der Waals surface area contributed by atoms with E-state index in [2.05, 4.69) is 5.32 Å². The number of ether oxygens (including phenoxy) is 2. The first kappa shape index (κ1) is 17.0. The molecule has 0 amide bonds. The van der Waals surface area contributed by atoms with Crippen molar-refractivity contribution in [3.05, 3.63) is 28.1 Å². The number of rotatable bonds is 4. The average molecular weight is 338 g/mol. The van der Waals surface area contributed by atoms with E-state index in [1.807, 2.05) is 0 Å². The van der Waals surface area contributed by atoms with Crippen molar-refractivity contribution < 1.29 is 18.8 Å². The number of hydrogen-bond donors (Lipinski definition) is 1. The topological polar surface area (TPSA) is 73.6 Å². The van der Waals surface area contributed by atoms with Crippen LogP contribution in [0.1, 0.15) is 44.9 Å². The van der Waals surface area contributed by atoms with Crippen LogP contribution in [0.2, 0.25) is 0 Å². The predicted molar refractivity (Wildman–Crippen MR) is 88.0 cm³/mol. The Morgan fingerprint density at radius 3 is 2.79 bits per heavy atom. The number of nitro groups is 1. The van der Waals surface area contributed by atoms with Gasteiger partial charge >= 0.3 is 5.69 Å². The van der Waals surface area contributed by atoms with Gasteiger partial charge in [-0.3, -0.25) is 10.1 Å². The molecule has 1 atom stereocenters. The molecule has 1 aliphatic carbocycles. The first-order valence-corrected chi connectivity index (χ1v) is 8.45. The van der Waals surface area contributed by atoms with E-state index in [0.29, 0.717) is 6.61 Å². The summed E-state index contributed by atoms with van der Waals surface area (Å²) in [4.78, 5) is 10.6. The number of methoxy groups -OCH3 is 1. The van der Waals surface area contributed by atoms with Crippen molar-refractivity contribution in [3.8, 4) is 5.75 Å². The lowest BCUT2D eigenvalue weighted by Gasteiger charge is -2.43. The molecule has 132 valence electrons. The predicted octanol–water partition coefficient (Wildman–Crippen LogP) is 4.04. The van der Waals surface area contributed by atoms with E-state index in [9.17, 15) is 14.5 Å². The molecule has 1 N–H and O–H groups in total. The molecule has 1 aromatic carbocycles. The summed E-state index contributed by atoms with van der Waals surface area (Å²) in [7, 11) is 1.41. The van der Waals surface area contributed by atoms with E-state index in [4.69, 9.17) is 9.47 Å². The molecule has 3 rings (SSSR count). The monoisotopic (exact) mass is 338 g/mol. The van der Waals surface area contributed by atoms with Gasteiger partial charge < -0.3 is 14.8 Å². The third-order valence-electron chi connectivity index (χ3n) is 5.07. The molecule has 1 saturated carbocycles. The number of nitro benzene ring substituents is 1. The van der Waals surface area contributed by atoms with Crippen molar-refractivity contribution in [2.75, 3.05) is 19.0 Å². The van der Waals surface area contributed by atoms with Crippen LogP contribution in [-0.4, -0.2) is 30.3 Å². The normalized spacial score (nSPS) is 23.0. The molecule has 0 bridgehead atoms. The Labute approximate surface area is 140 Å². The highest BCUT2D eigenvalue weighted by Gasteiger charge is 2.39. The van der Waals surface area contributed by atoms with Gasteiger partial charge in [0.15, 0.2) is 0 Å². The first-order chi connectivity index (χ1) is 11.5. The Bertz CT molecular complexity index is 611. The standard InChI is InChI=1S/C17H23FN2O4/c1-23-13-9-14(18)16(20(21)22)15(10-13)19-12-5-8-24-17(11-12)6-3-2-4-7-17/h9-10,12,19H,2-8,11H2,1H3. The van der Waals surface area contributed by atoms with Crippen molar-refractivity contribution in [2.45, 2.75) is 56.6 Å². The van der Waals surface area contributed by atoms with Crippen LogP contribution in [0.15, 0.2) is 12.1 Å². The second kappa shape index (κ2) is 6.93. The zero-order valence-electron chi connectivity index (χ0n) is 13.8. The SMILES string of the molecule is COc1cc(F)c([N+](=O)[O-])c(NC2CCOC3(CCCCC3)C2)c1. The molecule has 24 heavy (non-hydrogen) atoms. The summed E-state index contributed by atoms with van der Waals surface area (Å²) in [5, 5.41) is 14.4. The fourth-order valence-corrected chi connectivity index (χ4v) is 3.90. The lowest BCUT2D eigenvalue weighted by molar-refractivity contribution is -0.386. The highest BCUT2D eigenvalue weighted by atomic mass is 19.1. The molecule has 1 saturated heterocycles. The van der Waals surface area contributed by atoms with Gasteiger partial charge in [0.2, 0.25) is 5.82 Å². The van der Waals surface area contributed by atoms with Gasteiger partial charge in [0.25, 0.3) is 0 Å². The summed E-state index contributed by atoms with van der Waals surface area (Å²) in [6.07, 6.45) is 7.14. The summed E-state index contributed by atoms with van der Waals surface area (Å²) in [5.41, 5.74) is -0.477. The Kier molecular flexibility index (Phi) is 4.89. The van der Waals surface area contributed by atoms with Crippen LogP contribution in [0.3, 0.4) is 0 Å². The van der Waals surface area contributed by atoms with Crippen LogP contribution >= 0.6 is 0 Å². The lowest BCUT2D eigenvalue weighted by Crippen LogP contribution is -2.45. The summed E-state index contributed by atoms with van der Waals surface area (Å²) in [5.74, 6) is -0.624. The van der Waals surface area contributed by atoms with Gasteiger partial charge in [-0.25, -0.2) is 0 Å². The number of benzene rings is 1. The molecule has 1 heterocycles. The molecule has 2 fully saturated rings. The quantitative estimate of drug-likeness (QED) is 0.662. The van der Waals surface area contributed by atoms with Crippen molar-refractivity contribution in [1.29, 1.82) is 0 Å². The smallest absolute Gasteiger partial charge is 0.327 e. The maximum Gasteiger partial charge on any atom is 0.327 e. The zero-order valence-corrected chi connectivity index (χ0v) is 13.8. The van der Waals surface area contributed by atoms with E-state index < -0.39 is 16.4 Å². The Hall–Kier alpha value is -1.89. The summed E-state index contributed by atoms with van der Waals surface area (Å²) < 4.78 is 25.2. The van der Waals surface area contributed by atoms with Gasteiger partial charge in [-0.1, -0.05) is 19.3 Å². The molecule has 0 radical (unpaired) electrons. The van der Waals surface area contributed by atoms with Crippen molar-refractivity contribution in [2.24, 2.45) is 0 Å². The molecule has 1 unspecified atom stereocenters. The van der Waals surface area contributed by atoms with Gasteiger partial charge in [0.05, 0.1) is 17.6 Å². The van der Waals surface area contributed by atoms with Crippen LogP contribution in [0.25, 0.3) is 0 Å². The van der Waals surface area contributed by atoms with Gasteiger partial charge in [0.1, 0.15) is 11.4 Å². The number of anilines is 1. The summed E-state index contributed by atoms with van der Waals surface area (Å²) >= 11 is 0. The number of nitrogens with zero attached hydrogens (tertiary/aromatic N) is 1. The van der Waals surface area contributed by atoms with Gasteiger partial charge in [-0.15, -0.1) is 0 Å². The molecule has 1 aliphatic heterocycles. The third-order valence-corrected chi connectivity index (χ3v) is 5.07. The van der Waals surface area contributed by atoms with Crippen LogP contribution in [-0.2, 0) is 4.74 Å². The summed E-state index contributed by atoms with van der Waals surface area (Å²) in [6, 6.07) is 2.56. The molecular weight excluding hydrogens is 315 g/mol. The molecule has 6 nitrogen and oxygen atoms in total. The highest BCUT2D eigenvalue weighted by molar-refractivity contribution is 5.65. The van der Waals surface area contributed by atoms with Crippen molar-refractivity contribution in [1.82, 2.24) is 0 Å². The second-order valence-corrected chi connectivity index (χ2v) is 6.69. The van der Waals surface area contributed by atoms with E-state index >= 15 is 0 Å². The molecule has 7 heteroatoms. The van der Waals surface area contributed by atoms with E-state index in [0.717, 1.165) is 44.6 Å². The fraction of sp³-hybridized carbons (Fsp3) is 0.647. The number of hydrogen-bond acceptors (Lipinski definition) is 5. The second-order valence-electron chi connectivity index (χ2n) is 6.69. The van der Waals surface area contributed by atoms with Gasteiger partial charge in [0, 0.05) is 24.8 Å². The van der Waals surface area contributed by atoms with Crippen LogP contribution in [0, 0.1) is 15.9 Å². The molecule has 2 aliphatic rings. The minimum Gasteiger partial charge on any atom is -0.497 e. The number of halogens is 1. The Morgan fingerprint density at radius 2 is 2.12 bits per heavy atom. The van der Waals surface area contributed by atoms with Gasteiger partial charge in [-0.05, 0) is 25.7 Å². The fourth-order valence-electron chi connectivity index (χ4n) is 3.90. The average Bonchev–Trinajstić information content (AvgIpc) is 2.54. The lowest BCUT2D eigenvalue weighted by atomic mass is 9.78. The molecular formula is C17H23FN2O4. The highest BCUT2D eigenvalue weighted by Crippen LogP contribution is 2.40. The first-order valence-electron chi connectivity index (χ1n) is 8.45. The largest absolute Gasteiger partial charge is 0.497 e. The molecule has 1 spiro atoms. The molecule has 1 aromatic rings. The van der Waals surface area contributed by atoms with Crippen LogP contribution in [0.5, 0.6) is 5.75 Å². The minimum atomic E-state index is -0.888. The Balaban J connectivity index is 1.82. The Morgan fingerprint density at radius 1 is 1.38 bits per heavy atom. The minimum absolute atomic E-state index is 0.0297. The van der Waals surface area contributed by atoms with Crippen LogP contribution < -0.4 is 10.1 Å². The van der Waals surface area contributed by atoms with Gasteiger partial charge in [-0.2, -0.15) is 4.39 Å². The maximum absolute atomic E-state index is 14.1. The maximum atomic E-state index is 14.1. The van der Waals surface area contributed by atoms with E-state index in [1.165, 1.54) is 19.6 Å². The van der Waals surface area contributed by atoms with Crippen molar-refractivity contribution in [3.63, 3.8) is 0 Å². The zero-order chi connectivity index (χ0) is 17.2. The van der Waals surface area contributed by atoms with Crippen LogP contribution in [0.4, 0.5) is 15.8 Å². The van der Waals surface area contributed by atoms with E-state index in [-0.39, 0.29) is 23.1 Å². The van der Waals surface area contributed by atoms with Crippen molar-refractivity contribution >= 4 is 11.4 Å². The number of nitrogens with one attached hydrogen (secondary N) is 1. The summed E-state index contributed by atoms with van der Waals surface area (Å²) in [6.45, 7) is 0.623.